The van der Waals surface area contributed by atoms with E-state index in [1.165, 1.54) is 0 Å². The van der Waals surface area contributed by atoms with Gasteiger partial charge < -0.3 is 15.7 Å². The number of aliphatic carboxylic acids is 1. The molecule has 0 aromatic carbocycles. The van der Waals surface area contributed by atoms with Gasteiger partial charge in [-0.25, -0.2) is 0 Å². The molecule has 0 saturated carbocycles. The Morgan fingerprint density at radius 2 is 2.05 bits per heavy atom. The molecule has 0 aromatic heterocycles. The van der Waals surface area contributed by atoms with E-state index in [-0.39, 0.29) is 18.5 Å². The van der Waals surface area contributed by atoms with E-state index >= 15 is 0 Å². The van der Waals surface area contributed by atoms with Crippen molar-refractivity contribution in [1.82, 2.24) is 15.5 Å². The highest BCUT2D eigenvalue weighted by Gasteiger charge is 2.29. The molecule has 0 aromatic rings. The fourth-order valence-electron chi connectivity index (χ4n) is 2.34. The number of nitrogens with one attached hydrogen (secondary N) is 2. The van der Waals surface area contributed by atoms with Gasteiger partial charge in [0.05, 0.1) is 6.54 Å². The Bertz CT molecular complexity index is 334. The van der Waals surface area contributed by atoms with Crippen LogP contribution in [0.2, 0.25) is 0 Å². The lowest BCUT2D eigenvalue weighted by atomic mass is 10.0. The summed E-state index contributed by atoms with van der Waals surface area (Å²) in [5.74, 6) is -0.342. The molecule has 1 aliphatic heterocycles. The number of piperazine rings is 1. The van der Waals surface area contributed by atoms with Crippen molar-refractivity contribution in [2.24, 2.45) is 5.92 Å². The third kappa shape index (κ3) is 5.88. The SMILES string of the molecule is CC(C)CCC(C)NC(=O)CN1CCNCC1C(=O)O. The topological polar surface area (TPSA) is 81.7 Å². The molecule has 1 saturated heterocycles. The Balaban J connectivity index is 2.38. The van der Waals surface area contributed by atoms with Gasteiger partial charge in [-0.05, 0) is 25.7 Å². The molecular weight excluding hydrogens is 258 g/mol. The van der Waals surface area contributed by atoms with Crippen LogP contribution < -0.4 is 10.6 Å². The maximum Gasteiger partial charge on any atom is 0.322 e. The summed E-state index contributed by atoms with van der Waals surface area (Å²) in [4.78, 5) is 24.8. The summed E-state index contributed by atoms with van der Waals surface area (Å²) in [6, 6.07) is -0.475. The molecule has 1 amide bonds. The molecular formula is C14H27N3O3. The lowest BCUT2D eigenvalue weighted by Crippen LogP contribution is -2.57. The number of carboxylic acid groups (broad SMARTS) is 1. The average Bonchev–Trinajstić information content (AvgIpc) is 2.36. The van der Waals surface area contributed by atoms with E-state index in [4.69, 9.17) is 5.11 Å². The van der Waals surface area contributed by atoms with E-state index in [1.54, 1.807) is 4.90 Å². The lowest BCUT2D eigenvalue weighted by molar-refractivity contribution is -0.144. The summed E-state index contributed by atoms with van der Waals surface area (Å²) < 4.78 is 0. The summed E-state index contributed by atoms with van der Waals surface area (Å²) >= 11 is 0. The van der Waals surface area contributed by atoms with Crippen molar-refractivity contribution in [1.29, 1.82) is 0 Å². The van der Waals surface area contributed by atoms with E-state index in [9.17, 15) is 9.59 Å². The van der Waals surface area contributed by atoms with Gasteiger partial charge in [-0.3, -0.25) is 14.5 Å². The Morgan fingerprint density at radius 1 is 1.35 bits per heavy atom. The van der Waals surface area contributed by atoms with Gasteiger partial charge in [0.1, 0.15) is 6.04 Å². The van der Waals surface area contributed by atoms with Gasteiger partial charge in [-0.1, -0.05) is 13.8 Å². The first-order valence-electron chi connectivity index (χ1n) is 7.37. The van der Waals surface area contributed by atoms with Crippen molar-refractivity contribution in [2.45, 2.75) is 45.7 Å². The van der Waals surface area contributed by atoms with Crippen molar-refractivity contribution in [3.05, 3.63) is 0 Å². The highest BCUT2D eigenvalue weighted by atomic mass is 16.4. The highest BCUT2D eigenvalue weighted by molar-refractivity contribution is 5.80. The molecule has 2 atom stereocenters. The van der Waals surface area contributed by atoms with Gasteiger partial charge in [-0.2, -0.15) is 0 Å². The first-order chi connectivity index (χ1) is 9.40. The summed E-state index contributed by atoms with van der Waals surface area (Å²) in [6.07, 6.45) is 2.03. The smallest absolute Gasteiger partial charge is 0.322 e. The zero-order valence-electron chi connectivity index (χ0n) is 12.7. The zero-order valence-corrected chi connectivity index (χ0v) is 12.7. The van der Waals surface area contributed by atoms with E-state index in [2.05, 4.69) is 24.5 Å². The van der Waals surface area contributed by atoms with E-state index in [1.807, 2.05) is 6.92 Å². The average molecular weight is 285 g/mol. The monoisotopic (exact) mass is 285 g/mol. The second-order valence-electron chi connectivity index (χ2n) is 5.97. The van der Waals surface area contributed by atoms with Crippen molar-refractivity contribution in [3.63, 3.8) is 0 Å². The van der Waals surface area contributed by atoms with Crippen LogP contribution >= 0.6 is 0 Å². The number of carbonyl (C=O) groups excluding carboxylic acids is 1. The Labute approximate surface area is 120 Å². The van der Waals surface area contributed by atoms with E-state index < -0.39 is 12.0 Å². The number of hydrogen-bond acceptors (Lipinski definition) is 4. The Kier molecular flexibility index (Phi) is 6.95. The molecule has 6 nitrogen and oxygen atoms in total. The van der Waals surface area contributed by atoms with Crippen LogP contribution in [0.1, 0.15) is 33.6 Å². The number of carbonyl (C=O) groups is 2. The second-order valence-corrected chi connectivity index (χ2v) is 5.97. The molecule has 1 rings (SSSR count). The summed E-state index contributed by atoms with van der Waals surface area (Å²) in [5, 5.41) is 15.1. The Morgan fingerprint density at radius 3 is 2.65 bits per heavy atom. The van der Waals surface area contributed by atoms with Gasteiger partial charge >= 0.3 is 5.97 Å². The highest BCUT2D eigenvalue weighted by Crippen LogP contribution is 2.07. The minimum atomic E-state index is -0.877. The van der Waals surface area contributed by atoms with Crippen LogP contribution in [0.3, 0.4) is 0 Å². The van der Waals surface area contributed by atoms with Gasteiger partial charge in [0.15, 0.2) is 0 Å². The number of amides is 1. The third-order valence-corrected chi connectivity index (χ3v) is 3.57. The van der Waals surface area contributed by atoms with Crippen LogP contribution in [0.5, 0.6) is 0 Å². The number of carboxylic acids is 1. The quantitative estimate of drug-likeness (QED) is 0.626. The number of rotatable bonds is 7. The van der Waals surface area contributed by atoms with Crippen LogP contribution in [-0.2, 0) is 9.59 Å². The predicted molar refractivity (Wildman–Crippen MR) is 77.5 cm³/mol. The van der Waals surface area contributed by atoms with Gasteiger partial charge in [-0.15, -0.1) is 0 Å². The number of hydrogen-bond donors (Lipinski definition) is 3. The van der Waals surface area contributed by atoms with Crippen molar-refractivity contribution in [2.75, 3.05) is 26.2 Å². The van der Waals surface area contributed by atoms with Gasteiger partial charge in [0.25, 0.3) is 0 Å². The first-order valence-corrected chi connectivity index (χ1v) is 7.37. The van der Waals surface area contributed by atoms with Crippen LogP contribution in [-0.4, -0.2) is 60.1 Å². The minimum Gasteiger partial charge on any atom is -0.480 e. The lowest BCUT2D eigenvalue weighted by Gasteiger charge is -2.33. The summed E-state index contributed by atoms with van der Waals surface area (Å²) in [7, 11) is 0. The summed E-state index contributed by atoms with van der Waals surface area (Å²) in [6.45, 7) is 8.17. The van der Waals surface area contributed by atoms with E-state index in [0.717, 1.165) is 19.4 Å². The van der Waals surface area contributed by atoms with Crippen LogP contribution in [0.15, 0.2) is 0 Å². The molecule has 116 valence electrons. The molecule has 6 heteroatoms. The molecule has 1 heterocycles. The van der Waals surface area contributed by atoms with Crippen LogP contribution in [0, 0.1) is 5.92 Å². The molecule has 0 bridgehead atoms. The fourth-order valence-corrected chi connectivity index (χ4v) is 2.34. The normalized spacial score (nSPS) is 21.7. The fraction of sp³-hybridized carbons (Fsp3) is 0.857. The van der Waals surface area contributed by atoms with Crippen LogP contribution in [0.4, 0.5) is 0 Å². The minimum absolute atomic E-state index is 0.0885. The number of nitrogens with zero attached hydrogens (tertiary/aromatic N) is 1. The Hall–Kier alpha value is -1.14. The molecule has 0 radical (unpaired) electrons. The first kappa shape index (κ1) is 16.9. The van der Waals surface area contributed by atoms with Crippen molar-refractivity contribution in [3.8, 4) is 0 Å². The largest absolute Gasteiger partial charge is 0.480 e. The van der Waals surface area contributed by atoms with Crippen molar-refractivity contribution < 1.29 is 14.7 Å². The van der Waals surface area contributed by atoms with Gasteiger partial charge in [0.2, 0.25) is 5.91 Å². The standard InChI is InChI=1S/C14H27N3O3/c1-10(2)4-5-11(3)16-13(18)9-17-7-6-15-8-12(17)14(19)20/h10-12,15H,4-9H2,1-3H3,(H,16,18)(H,19,20). The molecule has 20 heavy (non-hydrogen) atoms. The van der Waals surface area contributed by atoms with Crippen molar-refractivity contribution >= 4 is 11.9 Å². The molecule has 0 spiro atoms. The molecule has 3 N–H and O–H groups in total. The van der Waals surface area contributed by atoms with Gasteiger partial charge in [0, 0.05) is 25.7 Å². The third-order valence-electron chi connectivity index (χ3n) is 3.57. The molecule has 1 fully saturated rings. The zero-order chi connectivity index (χ0) is 15.1. The van der Waals surface area contributed by atoms with Crippen LogP contribution in [0.25, 0.3) is 0 Å². The molecule has 2 unspecified atom stereocenters. The maximum absolute atomic E-state index is 12.0. The molecule has 1 aliphatic rings. The summed E-state index contributed by atoms with van der Waals surface area (Å²) in [5.41, 5.74) is 0. The predicted octanol–water partition coefficient (Wildman–Crippen LogP) is 0.286. The second kappa shape index (κ2) is 8.21. The molecule has 0 aliphatic carbocycles. The maximum atomic E-state index is 12.0. The van der Waals surface area contributed by atoms with E-state index in [0.29, 0.717) is 19.0 Å².